The SMILES string of the molecule is CN1C(=O)[C@@H](NC(=O)c2cnn(Cc3ccccc3)c2)COc2ccccc21. The first-order chi connectivity index (χ1) is 13.6. The van der Waals surface area contributed by atoms with Crippen molar-refractivity contribution in [2.24, 2.45) is 0 Å². The first kappa shape index (κ1) is 17.8. The summed E-state index contributed by atoms with van der Waals surface area (Å²) in [7, 11) is 1.67. The van der Waals surface area contributed by atoms with Crippen LogP contribution in [0.15, 0.2) is 67.0 Å². The van der Waals surface area contributed by atoms with Gasteiger partial charge in [0.25, 0.3) is 11.8 Å². The third kappa shape index (κ3) is 3.59. The van der Waals surface area contributed by atoms with Crippen LogP contribution in [0.1, 0.15) is 15.9 Å². The molecule has 0 unspecified atom stereocenters. The molecule has 0 saturated heterocycles. The molecule has 0 bridgehead atoms. The molecule has 1 N–H and O–H groups in total. The second kappa shape index (κ2) is 7.56. The zero-order valence-electron chi connectivity index (χ0n) is 15.4. The van der Waals surface area contributed by atoms with E-state index in [-0.39, 0.29) is 18.4 Å². The highest BCUT2D eigenvalue weighted by atomic mass is 16.5. The van der Waals surface area contributed by atoms with E-state index in [1.165, 1.54) is 11.1 Å². The number of hydrogen-bond acceptors (Lipinski definition) is 4. The van der Waals surface area contributed by atoms with Crippen molar-refractivity contribution < 1.29 is 14.3 Å². The van der Waals surface area contributed by atoms with Crippen molar-refractivity contribution in [2.75, 3.05) is 18.6 Å². The van der Waals surface area contributed by atoms with E-state index in [9.17, 15) is 9.59 Å². The number of amides is 2. The van der Waals surface area contributed by atoms with Gasteiger partial charge in [0.2, 0.25) is 0 Å². The van der Waals surface area contributed by atoms with Gasteiger partial charge in [0.05, 0.1) is 24.0 Å². The molecule has 7 heteroatoms. The number of nitrogens with zero attached hydrogens (tertiary/aromatic N) is 3. The van der Waals surface area contributed by atoms with Gasteiger partial charge in [-0.15, -0.1) is 0 Å². The summed E-state index contributed by atoms with van der Waals surface area (Å²) in [6.45, 7) is 0.641. The number of ether oxygens (including phenoxy) is 1. The minimum Gasteiger partial charge on any atom is -0.489 e. The molecule has 7 nitrogen and oxygen atoms in total. The summed E-state index contributed by atoms with van der Waals surface area (Å²) >= 11 is 0. The summed E-state index contributed by atoms with van der Waals surface area (Å²) in [5.74, 6) is 0.0291. The number of fused-ring (bicyclic) bond motifs is 1. The summed E-state index contributed by atoms with van der Waals surface area (Å²) in [4.78, 5) is 26.9. The van der Waals surface area contributed by atoms with Crippen molar-refractivity contribution in [3.05, 3.63) is 78.1 Å². The Kier molecular flexibility index (Phi) is 4.80. The van der Waals surface area contributed by atoms with Gasteiger partial charge in [-0.3, -0.25) is 14.3 Å². The third-order valence-electron chi connectivity index (χ3n) is 4.65. The molecule has 142 valence electrons. The highest BCUT2D eigenvalue weighted by molar-refractivity contribution is 6.03. The van der Waals surface area contributed by atoms with Crippen LogP contribution >= 0.6 is 0 Å². The fourth-order valence-electron chi connectivity index (χ4n) is 3.14. The van der Waals surface area contributed by atoms with Crippen molar-refractivity contribution >= 4 is 17.5 Å². The molecule has 1 atom stereocenters. The first-order valence-corrected chi connectivity index (χ1v) is 8.98. The van der Waals surface area contributed by atoms with Gasteiger partial charge in [0, 0.05) is 13.2 Å². The van der Waals surface area contributed by atoms with Gasteiger partial charge in [0.1, 0.15) is 18.4 Å². The number of carbonyl (C=O) groups excluding carboxylic acids is 2. The number of carbonyl (C=O) groups is 2. The van der Waals surface area contributed by atoms with Crippen molar-refractivity contribution in [1.82, 2.24) is 15.1 Å². The number of para-hydroxylation sites is 2. The minimum atomic E-state index is -0.776. The molecule has 0 spiro atoms. The molecular weight excluding hydrogens is 356 g/mol. The Hall–Kier alpha value is -3.61. The Bertz CT molecular complexity index is 1000. The zero-order valence-corrected chi connectivity index (χ0v) is 15.4. The van der Waals surface area contributed by atoms with Crippen LogP contribution in [0, 0.1) is 0 Å². The molecule has 0 fully saturated rings. The monoisotopic (exact) mass is 376 g/mol. The first-order valence-electron chi connectivity index (χ1n) is 8.98. The zero-order chi connectivity index (χ0) is 19.5. The predicted octanol–water partition coefficient (Wildman–Crippen LogP) is 2.09. The van der Waals surface area contributed by atoms with E-state index in [2.05, 4.69) is 10.4 Å². The van der Waals surface area contributed by atoms with Gasteiger partial charge in [0.15, 0.2) is 0 Å². The van der Waals surface area contributed by atoms with Gasteiger partial charge in [-0.2, -0.15) is 5.10 Å². The van der Waals surface area contributed by atoms with Gasteiger partial charge >= 0.3 is 0 Å². The van der Waals surface area contributed by atoms with Gasteiger partial charge in [-0.1, -0.05) is 42.5 Å². The Morgan fingerprint density at radius 1 is 1.18 bits per heavy atom. The molecule has 2 amide bonds. The molecule has 4 rings (SSSR count). The predicted molar refractivity (Wildman–Crippen MR) is 104 cm³/mol. The Balaban J connectivity index is 1.45. The molecule has 1 aliphatic rings. The maximum atomic E-state index is 12.7. The lowest BCUT2D eigenvalue weighted by Crippen LogP contribution is -2.49. The topological polar surface area (TPSA) is 76.5 Å². The molecule has 1 aliphatic heterocycles. The molecule has 0 saturated carbocycles. The smallest absolute Gasteiger partial charge is 0.255 e. The van der Waals surface area contributed by atoms with E-state index >= 15 is 0 Å². The molecule has 0 aliphatic carbocycles. The van der Waals surface area contributed by atoms with Gasteiger partial charge < -0.3 is 15.0 Å². The van der Waals surface area contributed by atoms with E-state index in [0.29, 0.717) is 23.5 Å². The van der Waals surface area contributed by atoms with Crippen LogP contribution < -0.4 is 15.0 Å². The molecule has 0 radical (unpaired) electrons. The Morgan fingerprint density at radius 2 is 1.93 bits per heavy atom. The van der Waals surface area contributed by atoms with E-state index in [1.54, 1.807) is 24.0 Å². The van der Waals surface area contributed by atoms with Crippen LogP contribution in [-0.4, -0.2) is 41.3 Å². The Labute approximate surface area is 162 Å². The van der Waals surface area contributed by atoms with E-state index in [1.807, 2.05) is 48.5 Å². The number of likely N-dealkylation sites (N-methyl/N-ethyl adjacent to an activating group) is 1. The maximum Gasteiger partial charge on any atom is 0.255 e. The number of benzene rings is 2. The van der Waals surface area contributed by atoms with Crippen molar-refractivity contribution in [3.63, 3.8) is 0 Å². The molecular formula is C21H20N4O3. The highest BCUT2D eigenvalue weighted by Gasteiger charge is 2.30. The van der Waals surface area contributed by atoms with Crippen LogP contribution in [-0.2, 0) is 11.3 Å². The summed E-state index contributed by atoms with van der Waals surface area (Å²) in [6, 6.07) is 16.4. The highest BCUT2D eigenvalue weighted by Crippen LogP contribution is 2.29. The number of anilines is 1. The van der Waals surface area contributed by atoms with E-state index in [0.717, 1.165) is 5.56 Å². The van der Waals surface area contributed by atoms with E-state index < -0.39 is 6.04 Å². The number of aromatic nitrogens is 2. The normalized spacial score (nSPS) is 16.1. The fraction of sp³-hybridized carbons (Fsp3) is 0.190. The third-order valence-corrected chi connectivity index (χ3v) is 4.65. The average molecular weight is 376 g/mol. The summed E-state index contributed by atoms with van der Waals surface area (Å²) in [5.41, 5.74) is 2.16. The van der Waals surface area contributed by atoms with Crippen LogP contribution in [0.3, 0.4) is 0 Å². The Morgan fingerprint density at radius 3 is 2.75 bits per heavy atom. The maximum absolute atomic E-state index is 12.7. The van der Waals surface area contributed by atoms with E-state index in [4.69, 9.17) is 4.74 Å². The molecule has 28 heavy (non-hydrogen) atoms. The van der Waals surface area contributed by atoms with Crippen LogP contribution in [0.25, 0.3) is 0 Å². The standard InChI is InChI=1S/C21H20N4O3/c1-24-18-9-5-6-10-19(18)28-14-17(21(24)27)23-20(26)16-11-22-25(13-16)12-15-7-3-2-4-8-15/h2-11,13,17H,12,14H2,1H3,(H,23,26)/t17-/m0/s1. The van der Waals surface area contributed by atoms with Crippen molar-refractivity contribution in [3.8, 4) is 5.75 Å². The number of hydrogen-bond donors (Lipinski definition) is 1. The minimum absolute atomic E-state index is 0.0735. The largest absolute Gasteiger partial charge is 0.489 e. The van der Waals surface area contributed by atoms with Crippen LogP contribution in [0.2, 0.25) is 0 Å². The number of rotatable bonds is 4. The summed E-state index contributed by atoms with van der Waals surface area (Å²) < 4.78 is 7.42. The molecule has 2 heterocycles. The quantitative estimate of drug-likeness (QED) is 0.756. The molecule has 1 aromatic heterocycles. The second-order valence-electron chi connectivity index (χ2n) is 6.61. The molecule has 2 aromatic carbocycles. The lowest BCUT2D eigenvalue weighted by Gasteiger charge is -2.20. The van der Waals surface area contributed by atoms with Crippen LogP contribution in [0.5, 0.6) is 5.75 Å². The van der Waals surface area contributed by atoms with Crippen molar-refractivity contribution in [2.45, 2.75) is 12.6 Å². The second-order valence-corrected chi connectivity index (χ2v) is 6.61. The van der Waals surface area contributed by atoms with Gasteiger partial charge in [-0.25, -0.2) is 0 Å². The fourth-order valence-corrected chi connectivity index (χ4v) is 3.14. The summed E-state index contributed by atoms with van der Waals surface area (Å²) in [5, 5.41) is 7.00. The summed E-state index contributed by atoms with van der Waals surface area (Å²) in [6.07, 6.45) is 3.17. The lowest BCUT2D eigenvalue weighted by atomic mass is 10.2. The molecule has 3 aromatic rings. The number of nitrogens with one attached hydrogen (secondary N) is 1. The van der Waals surface area contributed by atoms with Gasteiger partial charge in [-0.05, 0) is 17.7 Å². The average Bonchev–Trinajstić information content (AvgIpc) is 3.15. The lowest BCUT2D eigenvalue weighted by molar-refractivity contribution is -0.120. The van der Waals surface area contributed by atoms with Crippen molar-refractivity contribution in [1.29, 1.82) is 0 Å². The van der Waals surface area contributed by atoms with Crippen LogP contribution in [0.4, 0.5) is 5.69 Å².